The maximum atomic E-state index is 13.8. The summed E-state index contributed by atoms with van der Waals surface area (Å²) in [5, 5.41) is 5.62. The Balaban J connectivity index is 1.66. The fourth-order valence-corrected chi connectivity index (χ4v) is 5.68. The van der Waals surface area contributed by atoms with E-state index >= 15 is 0 Å². The predicted octanol–water partition coefficient (Wildman–Crippen LogP) is 1.97. The quantitative estimate of drug-likeness (QED) is 0.257. The first-order chi connectivity index (χ1) is 17.0. The van der Waals surface area contributed by atoms with Crippen molar-refractivity contribution in [3.8, 4) is 0 Å². The maximum absolute atomic E-state index is 13.8. The van der Waals surface area contributed by atoms with Crippen LogP contribution in [-0.2, 0) is 34.9 Å². The van der Waals surface area contributed by atoms with Crippen molar-refractivity contribution in [1.82, 2.24) is 29.7 Å². The molecule has 200 valence electrons. The molecule has 0 unspecified atom stereocenters. The fraction of sp³-hybridized carbons (Fsp3) is 0.682. The highest BCUT2D eigenvalue weighted by Crippen LogP contribution is 2.38. The molecule has 2 aromatic heterocycles. The van der Waals surface area contributed by atoms with Crippen molar-refractivity contribution in [3.05, 3.63) is 12.7 Å². The van der Waals surface area contributed by atoms with Crippen LogP contribution in [0.1, 0.15) is 53.9 Å². The summed E-state index contributed by atoms with van der Waals surface area (Å²) in [5.74, 6) is -0.795. The molecule has 0 spiro atoms. The molecule has 0 saturated heterocycles. The molecule has 4 atom stereocenters. The van der Waals surface area contributed by atoms with Crippen LogP contribution in [0.3, 0.4) is 0 Å². The Bertz CT molecular complexity index is 1110. The highest BCUT2D eigenvalue weighted by Gasteiger charge is 2.34. The van der Waals surface area contributed by atoms with E-state index in [2.05, 4.69) is 25.1 Å². The smallest absolute Gasteiger partial charge is 0.323 e. The summed E-state index contributed by atoms with van der Waals surface area (Å²) in [7, 11) is -3.61. The molecule has 0 bridgehead atoms. The van der Waals surface area contributed by atoms with Crippen molar-refractivity contribution in [1.29, 1.82) is 0 Å². The van der Waals surface area contributed by atoms with Gasteiger partial charge < -0.3 is 24.5 Å². The van der Waals surface area contributed by atoms with E-state index in [-0.39, 0.29) is 24.4 Å². The fourth-order valence-electron chi connectivity index (χ4n) is 3.53. The van der Waals surface area contributed by atoms with Gasteiger partial charge in [0, 0.05) is 0 Å². The van der Waals surface area contributed by atoms with E-state index in [0.29, 0.717) is 17.7 Å². The van der Waals surface area contributed by atoms with Crippen LogP contribution in [0.25, 0.3) is 11.2 Å². The van der Waals surface area contributed by atoms with Gasteiger partial charge in [0.2, 0.25) is 7.44 Å². The van der Waals surface area contributed by atoms with Gasteiger partial charge in [-0.05, 0) is 53.9 Å². The Hall–Kier alpha value is -2.60. The third-order valence-electron chi connectivity index (χ3n) is 5.62. The highest BCUT2D eigenvalue weighted by molar-refractivity contribution is 7.59. The van der Waals surface area contributed by atoms with Gasteiger partial charge in [0.05, 0.1) is 25.1 Å². The first-order valence-electron chi connectivity index (χ1n) is 12.1. The number of rotatable bonds is 13. The number of hydrogen-bond donors (Lipinski definition) is 3. The van der Waals surface area contributed by atoms with Gasteiger partial charge >= 0.3 is 11.9 Å². The third kappa shape index (κ3) is 7.45. The minimum Gasteiger partial charge on any atom is -0.462 e. The average Bonchev–Trinajstić information content (AvgIpc) is 3.18. The summed E-state index contributed by atoms with van der Waals surface area (Å²) in [5.41, 5.74) is 6.88. The molecular weight excluding hydrogens is 489 g/mol. The molecule has 13 nitrogen and oxygen atoms in total. The number of carbonyl (C=O) groups excluding carboxylic acids is 2. The van der Waals surface area contributed by atoms with E-state index in [1.54, 1.807) is 45.5 Å². The Morgan fingerprint density at radius 3 is 2.39 bits per heavy atom. The van der Waals surface area contributed by atoms with Crippen LogP contribution in [0.4, 0.5) is 5.82 Å². The molecule has 3 rings (SSSR count). The molecule has 1 aliphatic carbocycles. The number of nitrogens with zero attached hydrogens (tertiary/aromatic N) is 4. The lowest BCUT2D eigenvalue weighted by Crippen LogP contribution is -2.44. The van der Waals surface area contributed by atoms with Gasteiger partial charge in [0.15, 0.2) is 11.5 Å². The van der Waals surface area contributed by atoms with E-state index in [1.807, 2.05) is 0 Å². The van der Waals surface area contributed by atoms with E-state index in [0.717, 1.165) is 19.3 Å². The molecule has 0 radical (unpaired) electrons. The summed E-state index contributed by atoms with van der Waals surface area (Å²) in [6.07, 6.45) is 4.45. The molecule has 1 aliphatic rings. The summed E-state index contributed by atoms with van der Waals surface area (Å²) in [6, 6.07) is -1.79. The van der Waals surface area contributed by atoms with Crippen LogP contribution < -0.4 is 15.9 Å². The van der Waals surface area contributed by atoms with Crippen molar-refractivity contribution in [2.45, 2.75) is 90.8 Å². The van der Waals surface area contributed by atoms with Gasteiger partial charge in [0.1, 0.15) is 36.4 Å². The Morgan fingerprint density at radius 2 is 1.78 bits per heavy atom. The maximum Gasteiger partial charge on any atom is 0.323 e. The molecule has 2 heterocycles. The van der Waals surface area contributed by atoms with E-state index in [1.165, 1.54) is 6.33 Å². The molecule has 4 N–H and O–H groups in total. The van der Waals surface area contributed by atoms with E-state index in [4.69, 9.17) is 19.9 Å². The van der Waals surface area contributed by atoms with E-state index in [9.17, 15) is 14.2 Å². The van der Waals surface area contributed by atoms with Gasteiger partial charge in [-0.1, -0.05) is 0 Å². The van der Waals surface area contributed by atoms with Crippen molar-refractivity contribution in [2.75, 3.05) is 12.1 Å². The highest BCUT2D eigenvalue weighted by atomic mass is 31.2. The first kappa shape index (κ1) is 28.0. The predicted molar refractivity (Wildman–Crippen MR) is 133 cm³/mol. The zero-order valence-corrected chi connectivity index (χ0v) is 22.2. The SMILES string of the molecule is CC(C)OC(=O)[C@H](C)N[P@](=O)(CO[C@H](C)Cn1cnc2c(N)ncnc21)N[C@H](C)C(=O)OC1CCC1. The lowest BCUT2D eigenvalue weighted by molar-refractivity contribution is -0.154. The van der Waals surface area contributed by atoms with Crippen LogP contribution in [-0.4, -0.2) is 68.2 Å². The molecule has 1 saturated carbocycles. The first-order valence-corrected chi connectivity index (χ1v) is 13.9. The number of fused-ring (bicyclic) bond motifs is 1. The van der Waals surface area contributed by atoms with Crippen molar-refractivity contribution >= 4 is 36.4 Å². The molecule has 0 aliphatic heterocycles. The Labute approximate surface area is 210 Å². The van der Waals surface area contributed by atoms with Gasteiger partial charge in [-0.3, -0.25) is 14.2 Å². The van der Waals surface area contributed by atoms with Crippen molar-refractivity contribution in [2.24, 2.45) is 0 Å². The topological polar surface area (TPSA) is 173 Å². The molecule has 1 fully saturated rings. The van der Waals surface area contributed by atoms with Gasteiger partial charge in [0.25, 0.3) is 0 Å². The molecule has 36 heavy (non-hydrogen) atoms. The number of imidazole rings is 1. The second kappa shape index (κ2) is 12.1. The molecule has 2 aromatic rings. The normalized spacial score (nSPS) is 18.3. The number of ether oxygens (including phenoxy) is 3. The van der Waals surface area contributed by atoms with Crippen LogP contribution in [0.2, 0.25) is 0 Å². The number of carbonyl (C=O) groups is 2. The van der Waals surface area contributed by atoms with Crippen LogP contribution >= 0.6 is 7.44 Å². The molecule has 0 aromatic carbocycles. The van der Waals surface area contributed by atoms with Crippen LogP contribution in [0.5, 0.6) is 0 Å². The van der Waals surface area contributed by atoms with Crippen LogP contribution in [0, 0.1) is 0 Å². The summed E-state index contributed by atoms with van der Waals surface area (Å²) in [4.78, 5) is 37.2. The second-order valence-corrected chi connectivity index (χ2v) is 11.6. The molecular formula is C22H36N7O6P. The second-order valence-electron chi connectivity index (χ2n) is 9.35. The number of nitrogens with one attached hydrogen (secondary N) is 2. The lowest BCUT2D eigenvalue weighted by Gasteiger charge is -2.30. The zero-order chi connectivity index (χ0) is 26.5. The van der Waals surface area contributed by atoms with Crippen LogP contribution in [0.15, 0.2) is 12.7 Å². The average molecular weight is 526 g/mol. The molecule has 14 heteroatoms. The standard InChI is InChI=1S/C22H36N7O6P/c1-13(2)34-21(30)15(4)27-36(32,28-16(5)22(31)35-17-7-6-8-17)12-33-14(3)9-29-11-26-18-19(23)24-10-25-20(18)29/h10-11,13-17H,6-9,12H2,1-5H3,(H2,23,24,25)(H2,27,28,32)/t14-,15+,16-,36-/m1/s1. The number of aromatic nitrogens is 4. The lowest BCUT2D eigenvalue weighted by atomic mass is 9.96. The number of nitrogens with two attached hydrogens (primary N) is 1. The number of esters is 2. The van der Waals surface area contributed by atoms with Gasteiger partial charge in [-0.2, -0.15) is 0 Å². The summed E-state index contributed by atoms with van der Waals surface area (Å²) in [6.45, 7) is 8.70. The zero-order valence-electron chi connectivity index (χ0n) is 21.3. The number of anilines is 1. The largest absolute Gasteiger partial charge is 0.462 e. The molecule has 0 amide bonds. The monoisotopic (exact) mass is 525 g/mol. The van der Waals surface area contributed by atoms with Crippen molar-refractivity contribution in [3.63, 3.8) is 0 Å². The minimum atomic E-state index is -3.61. The third-order valence-corrected chi connectivity index (χ3v) is 7.74. The summed E-state index contributed by atoms with van der Waals surface area (Å²) < 4.78 is 32.1. The van der Waals surface area contributed by atoms with Crippen molar-refractivity contribution < 1.29 is 28.4 Å². The minimum absolute atomic E-state index is 0.104. The number of hydrogen-bond acceptors (Lipinski definition) is 10. The Kier molecular flexibility index (Phi) is 9.40. The van der Waals surface area contributed by atoms with E-state index < -0.39 is 37.6 Å². The van der Waals surface area contributed by atoms with Gasteiger partial charge in [-0.15, -0.1) is 0 Å². The Morgan fingerprint density at radius 1 is 1.11 bits per heavy atom. The van der Waals surface area contributed by atoms with Gasteiger partial charge in [-0.25, -0.2) is 25.1 Å². The summed E-state index contributed by atoms with van der Waals surface area (Å²) >= 11 is 0. The number of nitrogen functional groups attached to an aromatic ring is 1.